The van der Waals surface area contributed by atoms with Gasteiger partial charge in [0.25, 0.3) is 0 Å². The second kappa shape index (κ2) is 6.82. The number of amides is 1. The minimum Gasteiger partial charge on any atom is -0.356 e. The Morgan fingerprint density at radius 1 is 1.56 bits per heavy atom. The zero-order chi connectivity index (χ0) is 11.8. The van der Waals surface area contributed by atoms with Gasteiger partial charge in [0.2, 0.25) is 5.91 Å². The minimum atomic E-state index is 0.0407. The first-order valence-corrected chi connectivity index (χ1v) is 5.65. The highest BCUT2D eigenvalue weighted by molar-refractivity contribution is 5.76. The first-order chi connectivity index (χ1) is 7.77. The number of hydrogen-bond acceptors (Lipinski definition) is 2. The van der Waals surface area contributed by atoms with Gasteiger partial charge in [0.05, 0.1) is 5.69 Å². The summed E-state index contributed by atoms with van der Waals surface area (Å²) in [4.78, 5) is 22.0. The first-order valence-electron chi connectivity index (χ1n) is 5.65. The quantitative estimate of drug-likeness (QED) is 0.563. The lowest BCUT2D eigenvalue weighted by atomic mass is 10.3. The molecule has 88 valence electrons. The molecule has 0 spiro atoms. The van der Waals surface area contributed by atoms with E-state index in [-0.39, 0.29) is 5.91 Å². The number of nitrogens with one attached hydrogen (secondary N) is 1. The Hall–Kier alpha value is -1.58. The summed E-state index contributed by atoms with van der Waals surface area (Å²) in [7, 11) is 0. The predicted molar refractivity (Wildman–Crippen MR) is 62.4 cm³/mol. The highest BCUT2D eigenvalue weighted by atomic mass is 16.1. The van der Waals surface area contributed by atoms with E-state index in [0.29, 0.717) is 18.7 Å². The summed E-state index contributed by atoms with van der Waals surface area (Å²) in [6.45, 7) is 3.38. The second-order valence-electron chi connectivity index (χ2n) is 3.70. The van der Waals surface area contributed by atoms with Gasteiger partial charge in [-0.3, -0.25) is 9.59 Å². The minimum absolute atomic E-state index is 0.0407. The molecule has 1 rings (SSSR count). The molecule has 0 atom stereocenters. The maximum atomic E-state index is 11.4. The van der Waals surface area contributed by atoms with Crippen LogP contribution < -0.4 is 5.32 Å². The molecule has 16 heavy (non-hydrogen) atoms. The fraction of sp³-hybridized carbons (Fsp3) is 0.500. The summed E-state index contributed by atoms with van der Waals surface area (Å²) < 4.78 is 1.78. The van der Waals surface area contributed by atoms with E-state index in [1.165, 1.54) is 0 Å². The number of aldehydes is 1. The number of aromatic nitrogens is 1. The predicted octanol–water partition coefficient (Wildman–Crippen LogP) is 1.61. The Labute approximate surface area is 95.6 Å². The van der Waals surface area contributed by atoms with Gasteiger partial charge in [-0.2, -0.15) is 0 Å². The van der Waals surface area contributed by atoms with Crippen LogP contribution in [-0.4, -0.2) is 23.3 Å². The van der Waals surface area contributed by atoms with Crippen molar-refractivity contribution in [3.05, 3.63) is 24.0 Å². The van der Waals surface area contributed by atoms with Gasteiger partial charge in [0.1, 0.15) is 0 Å². The van der Waals surface area contributed by atoms with Crippen LogP contribution in [0.3, 0.4) is 0 Å². The third-order valence-corrected chi connectivity index (χ3v) is 2.42. The SMILES string of the molecule is CCCCNC(=O)CCn1cccc1C=O. The van der Waals surface area contributed by atoms with Crippen molar-refractivity contribution in [1.29, 1.82) is 0 Å². The van der Waals surface area contributed by atoms with Gasteiger partial charge in [-0.25, -0.2) is 0 Å². The van der Waals surface area contributed by atoms with Crippen molar-refractivity contribution >= 4 is 12.2 Å². The Morgan fingerprint density at radius 3 is 3.06 bits per heavy atom. The molecule has 1 amide bonds. The van der Waals surface area contributed by atoms with Gasteiger partial charge >= 0.3 is 0 Å². The number of nitrogens with zero attached hydrogens (tertiary/aromatic N) is 1. The summed E-state index contributed by atoms with van der Waals surface area (Å²) in [6.07, 6.45) is 5.11. The molecule has 0 radical (unpaired) electrons. The molecule has 0 unspecified atom stereocenters. The molecule has 1 aromatic heterocycles. The van der Waals surface area contributed by atoms with Crippen molar-refractivity contribution in [2.45, 2.75) is 32.7 Å². The van der Waals surface area contributed by atoms with Crippen LogP contribution in [0.15, 0.2) is 18.3 Å². The van der Waals surface area contributed by atoms with Crippen molar-refractivity contribution in [2.75, 3.05) is 6.54 Å². The van der Waals surface area contributed by atoms with E-state index in [0.717, 1.165) is 25.7 Å². The lowest BCUT2D eigenvalue weighted by molar-refractivity contribution is -0.121. The maximum absolute atomic E-state index is 11.4. The average Bonchev–Trinajstić information content (AvgIpc) is 2.74. The number of carbonyl (C=O) groups excluding carboxylic acids is 2. The summed E-state index contributed by atoms with van der Waals surface area (Å²) in [5.74, 6) is 0.0407. The molecule has 1 heterocycles. The summed E-state index contributed by atoms with van der Waals surface area (Å²) >= 11 is 0. The number of unbranched alkanes of at least 4 members (excludes halogenated alkanes) is 1. The smallest absolute Gasteiger partial charge is 0.221 e. The van der Waals surface area contributed by atoms with Crippen molar-refractivity contribution in [3.8, 4) is 0 Å². The normalized spacial score (nSPS) is 10.1. The standard InChI is InChI=1S/C12H18N2O2/c1-2-3-7-13-12(16)6-9-14-8-4-5-11(14)10-15/h4-5,8,10H,2-3,6-7,9H2,1H3,(H,13,16). The Bertz CT molecular complexity index is 345. The van der Waals surface area contributed by atoms with Crippen LogP contribution >= 0.6 is 0 Å². The second-order valence-corrected chi connectivity index (χ2v) is 3.70. The van der Waals surface area contributed by atoms with Crippen molar-refractivity contribution in [1.82, 2.24) is 9.88 Å². The molecule has 0 aromatic carbocycles. The van der Waals surface area contributed by atoms with Crippen LogP contribution in [0.1, 0.15) is 36.7 Å². The molecule has 1 aromatic rings. The molecule has 4 nitrogen and oxygen atoms in total. The van der Waals surface area contributed by atoms with Crippen LogP contribution in [0.5, 0.6) is 0 Å². The number of hydrogen-bond donors (Lipinski definition) is 1. The summed E-state index contributed by atoms with van der Waals surface area (Å²) in [5, 5.41) is 2.84. The van der Waals surface area contributed by atoms with Gasteiger partial charge in [-0.05, 0) is 18.6 Å². The topological polar surface area (TPSA) is 51.1 Å². The monoisotopic (exact) mass is 222 g/mol. The van der Waals surface area contributed by atoms with E-state index in [9.17, 15) is 9.59 Å². The van der Waals surface area contributed by atoms with Crippen molar-refractivity contribution < 1.29 is 9.59 Å². The molecule has 0 aliphatic heterocycles. The maximum Gasteiger partial charge on any atom is 0.221 e. The van der Waals surface area contributed by atoms with Crippen LogP contribution in [0.4, 0.5) is 0 Å². The number of rotatable bonds is 7. The molecule has 0 fully saturated rings. The van der Waals surface area contributed by atoms with E-state index in [1.54, 1.807) is 16.7 Å². The van der Waals surface area contributed by atoms with Crippen LogP contribution in [-0.2, 0) is 11.3 Å². The Balaban J connectivity index is 2.28. The highest BCUT2D eigenvalue weighted by Gasteiger charge is 2.03. The zero-order valence-electron chi connectivity index (χ0n) is 9.61. The van der Waals surface area contributed by atoms with E-state index in [2.05, 4.69) is 12.2 Å². The molecule has 1 N–H and O–H groups in total. The largest absolute Gasteiger partial charge is 0.356 e. The van der Waals surface area contributed by atoms with Crippen molar-refractivity contribution in [3.63, 3.8) is 0 Å². The lowest BCUT2D eigenvalue weighted by Crippen LogP contribution is -2.25. The number of carbonyl (C=O) groups is 2. The summed E-state index contributed by atoms with van der Waals surface area (Å²) in [5.41, 5.74) is 0.612. The molecule has 0 saturated carbocycles. The third-order valence-electron chi connectivity index (χ3n) is 2.42. The molecule has 0 bridgehead atoms. The fourth-order valence-electron chi connectivity index (χ4n) is 1.45. The fourth-order valence-corrected chi connectivity index (χ4v) is 1.45. The average molecular weight is 222 g/mol. The molecule has 4 heteroatoms. The van der Waals surface area contributed by atoms with Crippen molar-refractivity contribution in [2.24, 2.45) is 0 Å². The molecule has 0 saturated heterocycles. The van der Waals surface area contributed by atoms with E-state index >= 15 is 0 Å². The Kier molecular flexibility index (Phi) is 5.32. The van der Waals surface area contributed by atoms with Crippen LogP contribution in [0.2, 0.25) is 0 Å². The van der Waals surface area contributed by atoms with Gasteiger partial charge in [0, 0.05) is 25.7 Å². The molecule has 0 aliphatic carbocycles. The van der Waals surface area contributed by atoms with E-state index in [1.807, 2.05) is 6.20 Å². The van der Waals surface area contributed by atoms with Gasteiger partial charge < -0.3 is 9.88 Å². The van der Waals surface area contributed by atoms with Gasteiger partial charge in [0.15, 0.2) is 6.29 Å². The molecular formula is C12H18N2O2. The third kappa shape index (κ3) is 3.88. The first kappa shape index (κ1) is 12.5. The summed E-state index contributed by atoms with van der Waals surface area (Å²) in [6, 6.07) is 3.54. The van der Waals surface area contributed by atoms with Crippen LogP contribution in [0.25, 0.3) is 0 Å². The van der Waals surface area contributed by atoms with E-state index < -0.39 is 0 Å². The molecular weight excluding hydrogens is 204 g/mol. The Morgan fingerprint density at radius 2 is 2.38 bits per heavy atom. The lowest BCUT2D eigenvalue weighted by Gasteiger charge is -2.06. The van der Waals surface area contributed by atoms with E-state index in [4.69, 9.17) is 0 Å². The molecule has 0 aliphatic rings. The van der Waals surface area contributed by atoms with Gasteiger partial charge in [-0.1, -0.05) is 13.3 Å². The van der Waals surface area contributed by atoms with Gasteiger partial charge in [-0.15, -0.1) is 0 Å². The van der Waals surface area contributed by atoms with Crippen LogP contribution in [0, 0.1) is 0 Å². The zero-order valence-corrected chi connectivity index (χ0v) is 9.61. The highest BCUT2D eigenvalue weighted by Crippen LogP contribution is 2.00. The number of aryl methyl sites for hydroxylation is 1.